The van der Waals surface area contributed by atoms with E-state index in [1.165, 1.54) is 5.69 Å². The summed E-state index contributed by atoms with van der Waals surface area (Å²) in [5, 5.41) is 7.89. The Kier molecular flexibility index (Phi) is 6.93. The molecule has 0 atom stereocenters. The highest BCUT2D eigenvalue weighted by molar-refractivity contribution is 5.08. The molecule has 1 aromatic rings. The first-order valence-corrected chi connectivity index (χ1v) is 6.59. The molecule has 18 heavy (non-hydrogen) atoms. The highest BCUT2D eigenvalue weighted by Gasteiger charge is 2.03. The predicted molar refractivity (Wildman–Crippen MR) is 73.7 cm³/mol. The molecule has 0 aliphatic carbocycles. The van der Waals surface area contributed by atoms with Crippen molar-refractivity contribution in [3.8, 4) is 0 Å². The zero-order valence-electron chi connectivity index (χ0n) is 12.1. The summed E-state index contributed by atoms with van der Waals surface area (Å²) < 4.78 is 7.10. The number of nitrogens with zero attached hydrogens (tertiary/aromatic N) is 3. The van der Waals surface area contributed by atoms with Gasteiger partial charge in [0.25, 0.3) is 0 Å². The third kappa shape index (κ3) is 5.16. The smallest absolute Gasteiger partial charge is 0.0597 e. The Hall–Kier alpha value is -0.910. The van der Waals surface area contributed by atoms with Gasteiger partial charge in [-0.05, 0) is 27.0 Å². The summed E-state index contributed by atoms with van der Waals surface area (Å²) in [6.07, 6.45) is 0. The van der Waals surface area contributed by atoms with Crippen LogP contribution in [-0.4, -0.2) is 55.1 Å². The molecule has 0 saturated carbocycles. The molecule has 5 nitrogen and oxygen atoms in total. The number of nitrogens with one attached hydrogen (secondary N) is 1. The van der Waals surface area contributed by atoms with Crippen molar-refractivity contribution in [3.05, 3.63) is 17.5 Å². The topological polar surface area (TPSA) is 42.3 Å². The molecular formula is C13H26N4O. The van der Waals surface area contributed by atoms with Gasteiger partial charge in [-0.3, -0.25) is 4.68 Å². The molecule has 5 heteroatoms. The Labute approximate surface area is 110 Å². The van der Waals surface area contributed by atoms with Crippen LogP contribution in [0.2, 0.25) is 0 Å². The van der Waals surface area contributed by atoms with Crippen LogP contribution < -0.4 is 5.32 Å². The van der Waals surface area contributed by atoms with Crippen LogP contribution in [0.4, 0.5) is 0 Å². The average Bonchev–Trinajstić information content (AvgIpc) is 2.72. The van der Waals surface area contributed by atoms with Gasteiger partial charge in [0, 0.05) is 39.8 Å². The Balaban J connectivity index is 2.21. The predicted octanol–water partition coefficient (Wildman–Crippen LogP) is 0.879. The van der Waals surface area contributed by atoms with E-state index in [9.17, 15) is 0 Å². The van der Waals surface area contributed by atoms with E-state index < -0.39 is 0 Å². The number of hydrogen-bond donors (Lipinski definition) is 1. The lowest BCUT2D eigenvalue weighted by Crippen LogP contribution is -2.31. The van der Waals surface area contributed by atoms with Crippen molar-refractivity contribution in [2.24, 2.45) is 0 Å². The molecule has 0 aromatic carbocycles. The van der Waals surface area contributed by atoms with Crippen molar-refractivity contribution in [2.75, 3.05) is 40.4 Å². The second kappa shape index (κ2) is 8.24. The third-order valence-electron chi connectivity index (χ3n) is 2.94. The quantitative estimate of drug-likeness (QED) is 0.664. The van der Waals surface area contributed by atoms with Gasteiger partial charge < -0.3 is 15.0 Å². The van der Waals surface area contributed by atoms with Crippen LogP contribution in [0.25, 0.3) is 0 Å². The van der Waals surface area contributed by atoms with Crippen LogP contribution in [0, 0.1) is 6.92 Å². The maximum Gasteiger partial charge on any atom is 0.0597 e. The van der Waals surface area contributed by atoms with Gasteiger partial charge >= 0.3 is 0 Å². The molecule has 0 amide bonds. The summed E-state index contributed by atoms with van der Waals surface area (Å²) in [7, 11) is 3.85. The van der Waals surface area contributed by atoms with Gasteiger partial charge in [0.05, 0.1) is 18.0 Å². The van der Waals surface area contributed by atoms with Gasteiger partial charge in [-0.1, -0.05) is 0 Å². The van der Waals surface area contributed by atoms with E-state index in [2.05, 4.69) is 40.0 Å². The SMILES string of the molecule is CCn1nc(C)cc1CNCCN(C)CCOC. The van der Waals surface area contributed by atoms with Gasteiger partial charge in [-0.15, -0.1) is 0 Å². The van der Waals surface area contributed by atoms with Crippen LogP contribution in [0.3, 0.4) is 0 Å². The minimum absolute atomic E-state index is 0.790. The van der Waals surface area contributed by atoms with E-state index in [-0.39, 0.29) is 0 Å². The minimum Gasteiger partial charge on any atom is -0.383 e. The zero-order valence-corrected chi connectivity index (χ0v) is 12.1. The third-order valence-corrected chi connectivity index (χ3v) is 2.94. The van der Waals surface area contributed by atoms with Gasteiger partial charge in [-0.2, -0.15) is 5.10 Å². The fourth-order valence-electron chi connectivity index (χ4n) is 1.86. The molecule has 0 unspecified atom stereocenters. The van der Waals surface area contributed by atoms with Crippen LogP contribution in [0.5, 0.6) is 0 Å². The monoisotopic (exact) mass is 254 g/mol. The van der Waals surface area contributed by atoms with Crippen molar-refractivity contribution >= 4 is 0 Å². The highest BCUT2D eigenvalue weighted by Crippen LogP contribution is 2.02. The number of ether oxygens (including phenoxy) is 1. The van der Waals surface area contributed by atoms with Gasteiger partial charge in [0.2, 0.25) is 0 Å². The highest BCUT2D eigenvalue weighted by atomic mass is 16.5. The lowest BCUT2D eigenvalue weighted by atomic mass is 10.3. The van der Waals surface area contributed by atoms with E-state index in [1.54, 1.807) is 7.11 Å². The summed E-state index contributed by atoms with van der Waals surface area (Å²) >= 11 is 0. The summed E-state index contributed by atoms with van der Waals surface area (Å²) in [5.74, 6) is 0. The standard InChI is InChI=1S/C13H26N4O/c1-5-17-13(10-12(2)15-17)11-14-6-7-16(3)8-9-18-4/h10,14H,5-9,11H2,1-4H3. The molecule has 0 fully saturated rings. The second-order valence-corrected chi connectivity index (χ2v) is 4.57. The van der Waals surface area contributed by atoms with Crippen molar-refractivity contribution in [3.63, 3.8) is 0 Å². The normalized spacial score (nSPS) is 11.4. The molecule has 1 rings (SSSR count). The molecule has 104 valence electrons. The molecule has 1 heterocycles. The minimum atomic E-state index is 0.790. The first-order chi connectivity index (χ1) is 8.67. The molecule has 0 aliphatic heterocycles. The lowest BCUT2D eigenvalue weighted by Gasteiger charge is -2.16. The first-order valence-electron chi connectivity index (χ1n) is 6.59. The summed E-state index contributed by atoms with van der Waals surface area (Å²) in [5.41, 5.74) is 2.35. The fourth-order valence-corrected chi connectivity index (χ4v) is 1.86. The molecule has 0 aliphatic rings. The van der Waals surface area contributed by atoms with Crippen LogP contribution in [0.1, 0.15) is 18.3 Å². The number of aromatic nitrogens is 2. The Morgan fingerprint density at radius 1 is 1.44 bits per heavy atom. The Morgan fingerprint density at radius 2 is 2.22 bits per heavy atom. The van der Waals surface area contributed by atoms with E-state index in [0.717, 1.165) is 45.0 Å². The van der Waals surface area contributed by atoms with Gasteiger partial charge in [0.1, 0.15) is 0 Å². The van der Waals surface area contributed by atoms with E-state index in [1.807, 2.05) is 6.92 Å². The maximum absolute atomic E-state index is 5.05. The summed E-state index contributed by atoms with van der Waals surface area (Å²) in [6.45, 7) is 9.74. The van der Waals surface area contributed by atoms with E-state index >= 15 is 0 Å². The largest absolute Gasteiger partial charge is 0.383 e. The lowest BCUT2D eigenvalue weighted by molar-refractivity contribution is 0.161. The van der Waals surface area contributed by atoms with Gasteiger partial charge in [0.15, 0.2) is 0 Å². The van der Waals surface area contributed by atoms with E-state index in [4.69, 9.17) is 4.74 Å². The average molecular weight is 254 g/mol. The van der Waals surface area contributed by atoms with Crippen LogP contribution >= 0.6 is 0 Å². The molecule has 0 bridgehead atoms. The first kappa shape index (κ1) is 15.1. The van der Waals surface area contributed by atoms with E-state index in [0.29, 0.717) is 0 Å². The molecular weight excluding hydrogens is 228 g/mol. The molecule has 0 radical (unpaired) electrons. The van der Waals surface area contributed by atoms with Crippen LogP contribution in [0.15, 0.2) is 6.07 Å². The maximum atomic E-state index is 5.05. The van der Waals surface area contributed by atoms with Gasteiger partial charge in [-0.25, -0.2) is 0 Å². The van der Waals surface area contributed by atoms with Crippen molar-refractivity contribution in [1.29, 1.82) is 0 Å². The summed E-state index contributed by atoms with van der Waals surface area (Å²) in [4.78, 5) is 2.26. The second-order valence-electron chi connectivity index (χ2n) is 4.57. The summed E-state index contributed by atoms with van der Waals surface area (Å²) in [6, 6.07) is 2.14. The number of methoxy groups -OCH3 is 1. The molecule has 1 aromatic heterocycles. The molecule has 0 saturated heterocycles. The molecule has 1 N–H and O–H groups in total. The van der Waals surface area contributed by atoms with Crippen molar-refractivity contribution < 1.29 is 4.74 Å². The number of rotatable bonds is 9. The number of likely N-dealkylation sites (N-methyl/N-ethyl adjacent to an activating group) is 1. The molecule has 0 spiro atoms. The fraction of sp³-hybridized carbons (Fsp3) is 0.769. The Bertz CT molecular complexity index is 338. The Morgan fingerprint density at radius 3 is 2.89 bits per heavy atom. The van der Waals surface area contributed by atoms with Crippen LogP contribution in [-0.2, 0) is 17.8 Å². The van der Waals surface area contributed by atoms with Crippen molar-refractivity contribution in [1.82, 2.24) is 20.0 Å². The zero-order chi connectivity index (χ0) is 13.4. The number of aryl methyl sites for hydroxylation is 2. The number of hydrogen-bond acceptors (Lipinski definition) is 4. The van der Waals surface area contributed by atoms with Crippen molar-refractivity contribution in [2.45, 2.75) is 26.9 Å².